The summed E-state index contributed by atoms with van der Waals surface area (Å²) in [6.07, 6.45) is 1.92. The van der Waals surface area contributed by atoms with Gasteiger partial charge in [0.1, 0.15) is 5.01 Å². The zero-order valence-corrected chi connectivity index (χ0v) is 13.2. The van der Waals surface area contributed by atoms with E-state index in [0.717, 1.165) is 34.2 Å². The van der Waals surface area contributed by atoms with Crippen molar-refractivity contribution in [2.45, 2.75) is 26.7 Å². The van der Waals surface area contributed by atoms with Gasteiger partial charge in [-0.1, -0.05) is 31.2 Å². The van der Waals surface area contributed by atoms with E-state index in [0.29, 0.717) is 0 Å². The average molecular weight is 300 g/mol. The summed E-state index contributed by atoms with van der Waals surface area (Å²) < 4.78 is 0. The highest BCUT2D eigenvalue weighted by Crippen LogP contribution is 2.24. The lowest BCUT2D eigenvalue weighted by atomic mass is 10.1. The van der Waals surface area contributed by atoms with Crippen molar-refractivity contribution < 1.29 is 0 Å². The van der Waals surface area contributed by atoms with Crippen molar-refractivity contribution >= 4 is 22.7 Å². The molecular formula is C16H16N2S2. The first-order valence-corrected chi connectivity index (χ1v) is 8.45. The van der Waals surface area contributed by atoms with Crippen molar-refractivity contribution in [2.24, 2.45) is 0 Å². The van der Waals surface area contributed by atoms with Crippen LogP contribution in [-0.4, -0.2) is 9.97 Å². The molecule has 0 unspecified atom stereocenters. The third-order valence-electron chi connectivity index (χ3n) is 3.18. The minimum atomic E-state index is 0.843. The lowest BCUT2D eigenvalue weighted by Crippen LogP contribution is -1.87. The van der Waals surface area contributed by atoms with Crippen LogP contribution in [0.4, 0.5) is 0 Å². The first-order chi connectivity index (χ1) is 9.74. The fraction of sp³-hybridized carbons (Fsp3) is 0.250. The summed E-state index contributed by atoms with van der Waals surface area (Å²) in [5, 5.41) is 6.50. The van der Waals surface area contributed by atoms with Gasteiger partial charge in [0.15, 0.2) is 0 Å². The molecule has 2 heterocycles. The minimum absolute atomic E-state index is 0.843. The van der Waals surface area contributed by atoms with E-state index in [1.807, 2.05) is 6.92 Å². The third kappa shape index (κ3) is 2.97. The van der Waals surface area contributed by atoms with Crippen molar-refractivity contribution in [2.75, 3.05) is 0 Å². The van der Waals surface area contributed by atoms with Crippen molar-refractivity contribution in [3.8, 4) is 11.3 Å². The molecule has 102 valence electrons. The Kier molecular flexibility index (Phi) is 3.94. The summed E-state index contributed by atoms with van der Waals surface area (Å²) in [6.45, 7) is 4.20. The van der Waals surface area contributed by atoms with Crippen molar-refractivity contribution in [1.29, 1.82) is 0 Å². The largest absolute Gasteiger partial charge is 0.246 e. The van der Waals surface area contributed by atoms with E-state index in [4.69, 9.17) is 4.98 Å². The monoisotopic (exact) mass is 300 g/mol. The molecule has 4 heteroatoms. The molecule has 1 aromatic carbocycles. The molecule has 0 radical (unpaired) electrons. The predicted octanol–water partition coefficient (Wildman–Crippen LogP) is 4.73. The molecule has 0 saturated heterocycles. The molecule has 0 spiro atoms. The van der Waals surface area contributed by atoms with Crippen molar-refractivity contribution in [3.05, 3.63) is 56.3 Å². The molecule has 3 aromatic rings. The molecule has 0 N–H and O–H groups in total. The number of benzene rings is 1. The fourth-order valence-corrected chi connectivity index (χ4v) is 3.72. The van der Waals surface area contributed by atoms with Gasteiger partial charge in [0, 0.05) is 22.0 Å². The van der Waals surface area contributed by atoms with Gasteiger partial charge in [-0.05, 0) is 18.9 Å². The van der Waals surface area contributed by atoms with Crippen LogP contribution in [0.2, 0.25) is 0 Å². The van der Waals surface area contributed by atoms with Crippen LogP contribution in [0.25, 0.3) is 11.3 Å². The zero-order chi connectivity index (χ0) is 13.9. The molecule has 0 aliphatic heterocycles. The Morgan fingerprint density at radius 2 is 1.65 bits per heavy atom. The maximum absolute atomic E-state index is 4.73. The minimum Gasteiger partial charge on any atom is -0.246 e. The van der Waals surface area contributed by atoms with Crippen molar-refractivity contribution in [1.82, 2.24) is 9.97 Å². The quantitative estimate of drug-likeness (QED) is 0.696. The van der Waals surface area contributed by atoms with Crippen LogP contribution in [0.3, 0.4) is 0 Å². The van der Waals surface area contributed by atoms with E-state index in [1.165, 1.54) is 11.1 Å². The molecule has 2 nitrogen and oxygen atoms in total. The van der Waals surface area contributed by atoms with Gasteiger partial charge in [-0.25, -0.2) is 9.97 Å². The number of rotatable bonds is 4. The van der Waals surface area contributed by atoms with Crippen LogP contribution in [0.15, 0.2) is 35.0 Å². The molecule has 0 amide bonds. The number of hydrogen-bond donors (Lipinski definition) is 0. The zero-order valence-electron chi connectivity index (χ0n) is 11.6. The van der Waals surface area contributed by atoms with E-state index < -0.39 is 0 Å². The van der Waals surface area contributed by atoms with Crippen LogP contribution < -0.4 is 0 Å². The maximum atomic E-state index is 4.73. The number of aryl methyl sites for hydroxylation is 2. The number of aromatic nitrogens is 2. The van der Waals surface area contributed by atoms with Crippen LogP contribution in [0.1, 0.15) is 28.2 Å². The lowest BCUT2D eigenvalue weighted by molar-refractivity contribution is 1.08. The molecular weight excluding hydrogens is 284 g/mol. The summed E-state index contributed by atoms with van der Waals surface area (Å²) in [7, 11) is 0. The molecule has 0 aliphatic rings. The Morgan fingerprint density at radius 3 is 2.30 bits per heavy atom. The predicted molar refractivity (Wildman–Crippen MR) is 86.6 cm³/mol. The standard InChI is InChI=1S/C16H16N2S2/c1-3-12-4-6-13(7-5-12)14-10-20-16(18-14)8-15-17-11(2)9-19-15/h4-7,9-10H,3,8H2,1-2H3. The van der Waals surface area contributed by atoms with E-state index in [9.17, 15) is 0 Å². The lowest BCUT2D eigenvalue weighted by Gasteiger charge is -1.99. The van der Waals surface area contributed by atoms with Gasteiger partial charge in [-0.15, -0.1) is 22.7 Å². The Hall–Kier alpha value is -1.52. The van der Waals surface area contributed by atoms with Crippen molar-refractivity contribution in [3.63, 3.8) is 0 Å². The molecule has 0 saturated carbocycles. The summed E-state index contributed by atoms with van der Waals surface area (Å²) in [5.41, 5.74) is 4.72. The highest BCUT2D eigenvalue weighted by atomic mass is 32.1. The van der Waals surface area contributed by atoms with Crippen LogP contribution in [0.5, 0.6) is 0 Å². The summed E-state index contributed by atoms with van der Waals surface area (Å²) in [4.78, 5) is 9.22. The second kappa shape index (κ2) is 5.85. The molecule has 0 aliphatic carbocycles. The molecule has 20 heavy (non-hydrogen) atoms. The second-order valence-corrected chi connectivity index (χ2v) is 6.62. The second-order valence-electron chi connectivity index (χ2n) is 4.74. The number of nitrogens with zero attached hydrogens (tertiary/aromatic N) is 2. The third-order valence-corrected chi connectivity index (χ3v) is 4.99. The first kappa shape index (κ1) is 13.5. The Bertz CT molecular complexity index is 695. The van der Waals surface area contributed by atoms with Gasteiger partial charge in [-0.3, -0.25) is 0 Å². The topological polar surface area (TPSA) is 25.8 Å². The normalized spacial score (nSPS) is 10.9. The molecule has 0 atom stereocenters. The van der Waals surface area contributed by atoms with Gasteiger partial charge < -0.3 is 0 Å². The maximum Gasteiger partial charge on any atom is 0.100 e. The molecule has 0 bridgehead atoms. The average Bonchev–Trinajstić information content (AvgIpc) is 3.09. The van der Waals surface area contributed by atoms with Gasteiger partial charge >= 0.3 is 0 Å². The van der Waals surface area contributed by atoms with E-state index in [2.05, 4.69) is 46.9 Å². The van der Waals surface area contributed by atoms with E-state index >= 15 is 0 Å². The molecule has 3 rings (SSSR count). The number of hydrogen-bond acceptors (Lipinski definition) is 4. The van der Waals surface area contributed by atoms with Crippen LogP contribution in [-0.2, 0) is 12.8 Å². The van der Waals surface area contributed by atoms with Gasteiger partial charge in [0.2, 0.25) is 0 Å². The highest BCUT2D eigenvalue weighted by Gasteiger charge is 2.07. The Labute approximate surface area is 127 Å². The highest BCUT2D eigenvalue weighted by molar-refractivity contribution is 7.11. The smallest absolute Gasteiger partial charge is 0.100 e. The summed E-state index contributed by atoms with van der Waals surface area (Å²) in [6, 6.07) is 8.67. The summed E-state index contributed by atoms with van der Waals surface area (Å²) in [5.74, 6) is 0. The van der Waals surface area contributed by atoms with Crippen LogP contribution in [0, 0.1) is 6.92 Å². The van der Waals surface area contributed by atoms with Gasteiger partial charge in [-0.2, -0.15) is 0 Å². The number of thiazole rings is 2. The fourth-order valence-electron chi connectivity index (χ4n) is 2.05. The first-order valence-electron chi connectivity index (χ1n) is 6.69. The SMILES string of the molecule is CCc1ccc(-c2csc(Cc3nc(C)cs3)n2)cc1. The summed E-state index contributed by atoms with van der Waals surface area (Å²) >= 11 is 3.42. The van der Waals surface area contributed by atoms with E-state index in [1.54, 1.807) is 22.7 Å². The van der Waals surface area contributed by atoms with E-state index in [-0.39, 0.29) is 0 Å². The molecule has 2 aromatic heterocycles. The van der Waals surface area contributed by atoms with Gasteiger partial charge in [0.05, 0.1) is 17.1 Å². The Balaban J connectivity index is 1.78. The van der Waals surface area contributed by atoms with Crippen LogP contribution >= 0.6 is 22.7 Å². The Morgan fingerprint density at radius 1 is 0.950 bits per heavy atom. The van der Waals surface area contributed by atoms with Gasteiger partial charge in [0.25, 0.3) is 0 Å². The molecule has 0 fully saturated rings.